The van der Waals surface area contributed by atoms with Gasteiger partial charge in [0.05, 0.1) is 17.9 Å². The van der Waals surface area contributed by atoms with Crippen LogP contribution in [0.15, 0.2) is 42.6 Å². The average molecular weight is 591 g/mol. The molecule has 0 radical (unpaired) electrons. The molecule has 41 heavy (non-hydrogen) atoms. The Kier molecular flexibility index (Phi) is 8.94. The quantitative estimate of drug-likeness (QED) is 0.234. The van der Waals surface area contributed by atoms with Crippen molar-refractivity contribution in [2.75, 3.05) is 48.9 Å². The highest BCUT2D eigenvalue weighted by Gasteiger charge is 2.37. The van der Waals surface area contributed by atoms with Gasteiger partial charge in [0.1, 0.15) is 11.4 Å². The molecule has 4 rings (SSSR count). The number of halogens is 3. The highest BCUT2D eigenvalue weighted by molar-refractivity contribution is 7.57. The van der Waals surface area contributed by atoms with E-state index in [4.69, 9.17) is 4.52 Å². The lowest BCUT2D eigenvalue weighted by molar-refractivity contribution is -0.137. The van der Waals surface area contributed by atoms with Crippen molar-refractivity contribution in [1.29, 1.82) is 0 Å². The number of nitrogens with one attached hydrogen (secondary N) is 2. The first-order valence-electron chi connectivity index (χ1n) is 13.3. The molecule has 0 fully saturated rings. The Hall–Kier alpha value is -3.63. The number of hydrogen-bond acceptors (Lipinski definition) is 8. The van der Waals surface area contributed by atoms with Gasteiger partial charge in [0.15, 0.2) is 0 Å². The zero-order valence-electron chi connectivity index (χ0n) is 23.7. The summed E-state index contributed by atoms with van der Waals surface area (Å²) >= 11 is 0. The van der Waals surface area contributed by atoms with Crippen LogP contribution in [0.25, 0.3) is 0 Å². The van der Waals surface area contributed by atoms with Gasteiger partial charge in [-0.1, -0.05) is 12.1 Å². The van der Waals surface area contributed by atoms with E-state index in [1.807, 2.05) is 19.9 Å². The molecular weight excluding hydrogens is 556 g/mol. The molecule has 220 valence electrons. The molecule has 2 aromatic carbocycles. The minimum Gasteiger partial charge on any atom is -0.372 e. The summed E-state index contributed by atoms with van der Waals surface area (Å²) in [6.07, 6.45) is -3.76. The number of alkyl halides is 3. The number of nitrogens with zero attached hydrogens (tertiary/aromatic N) is 4. The molecule has 1 aliphatic heterocycles. The lowest BCUT2D eigenvalue weighted by Gasteiger charge is -2.24. The maximum atomic E-state index is 14.0. The van der Waals surface area contributed by atoms with Crippen molar-refractivity contribution in [3.63, 3.8) is 0 Å². The molecule has 0 saturated carbocycles. The van der Waals surface area contributed by atoms with Crippen LogP contribution < -0.4 is 15.5 Å². The lowest BCUT2D eigenvalue weighted by Crippen LogP contribution is -2.23. The SMILES string of the molecule is CCOP(C)(=O)Cc1ccc(Nc2ncc(C(F)(F)F)c(Nc3ccc(N(CC)CC)c4c3C(=O)N(C)C4)n2)cc1. The van der Waals surface area contributed by atoms with Gasteiger partial charge in [0.2, 0.25) is 13.3 Å². The number of fused-ring (bicyclic) bond motifs is 1. The van der Waals surface area contributed by atoms with E-state index >= 15 is 0 Å². The van der Waals surface area contributed by atoms with Crippen molar-refractivity contribution < 1.29 is 27.1 Å². The number of hydrogen-bond donors (Lipinski definition) is 2. The zero-order valence-corrected chi connectivity index (χ0v) is 24.6. The van der Waals surface area contributed by atoms with Gasteiger partial charge in [-0.15, -0.1) is 0 Å². The van der Waals surface area contributed by atoms with Crippen LogP contribution in [0.2, 0.25) is 0 Å². The smallest absolute Gasteiger partial charge is 0.372 e. The van der Waals surface area contributed by atoms with E-state index in [9.17, 15) is 22.5 Å². The first kappa shape index (κ1) is 30.3. The van der Waals surface area contributed by atoms with Crippen LogP contribution in [0.1, 0.15) is 47.8 Å². The van der Waals surface area contributed by atoms with Gasteiger partial charge in [-0.3, -0.25) is 9.36 Å². The second kappa shape index (κ2) is 12.1. The molecule has 9 nitrogen and oxygen atoms in total. The third-order valence-electron chi connectivity index (χ3n) is 6.78. The Morgan fingerprint density at radius 2 is 1.76 bits per heavy atom. The highest BCUT2D eigenvalue weighted by atomic mass is 31.2. The molecule has 0 spiro atoms. The minimum absolute atomic E-state index is 0.0661. The van der Waals surface area contributed by atoms with E-state index in [-0.39, 0.29) is 23.7 Å². The Morgan fingerprint density at radius 1 is 1.07 bits per heavy atom. The molecule has 0 saturated heterocycles. The van der Waals surface area contributed by atoms with Crippen LogP contribution in [-0.2, 0) is 28.0 Å². The van der Waals surface area contributed by atoms with Crippen LogP contribution in [0.5, 0.6) is 0 Å². The van der Waals surface area contributed by atoms with E-state index in [0.717, 1.165) is 29.9 Å². The fourth-order valence-corrected chi connectivity index (χ4v) is 6.36. The minimum atomic E-state index is -4.73. The molecule has 2 N–H and O–H groups in total. The summed E-state index contributed by atoms with van der Waals surface area (Å²) in [6.45, 7) is 9.51. The van der Waals surface area contributed by atoms with Crippen LogP contribution in [0.3, 0.4) is 0 Å². The van der Waals surface area contributed by atoms with Crippen LogP contribution in [0, 0.1) is 0 Å². The normalized spacial score (nSPS) is 14.5. The van der Waals surface area contributed by atoms with Gasteiger partial charge in [-0.2, -0.15) is 18.2 Å². The predicted molar refractivity (Wildman–Crippen MR) is 155 cm³/mol. The highest BCUT2D eigenvalue weighted by Crippen LogP contribution is 2.46. The molecule has 1 atom stereocenters. The number of carbonyl (C=O) groups excluding carboxylic acids is 1. The number of anilines is 5. The van der Waals surface area contributed by atoms with E-state index in [1.165, 1.54) is 4.90 Å². The molecule has 1 amide bonds. The van der Waals surface area contributed by atoms with E-state index < -0.39 is 24.9 Å². The van der Waals surface area contributed by atoms with Gasteiger partial charge in [-0.25, -0.2) is 4.98 Å². The molecule has 3 aromatic rings. The predicted octanol–water partition coefficient (Wildman–Crippen LogP) is 6.86. The molecular formula is C28H34F3N6O3P. The van der Waals surface area contributed by atoms with Gasteiger partial charge in [-0.05, 0) is 50.6 Å². The van der Waals surface area contributed by atoms with Crippen molar-refractivity contribution in [2.24, 2.45) is 0 Å². The fraction of sp³-hybridized carbons (Fsp3) is 0.393. The number of rotatable bonds is 11. The largest absolute Gasteiger partial charge is 0.421 e. The third kappa shape index (κ3) is 6.82. The van der Waals surface area contributed by atoms with Gasteiger partial charge >= 0.3 is 6.18 Å². The summed E-state index contributed by atoms with van der Waals surface area (Å²) in [4.78, 5) is 24.7. The summed E-state index contributed by atoms with van der Waals surface area (Å²) in [5.41, 5.74) is 2.46. The molecule has 2 heterocycles. The number of amides is 1. The molecule has 0 bridgehead atoms. The number of aromatic nitrogens is 2. The van der Waals surface area contributed by atoms with Crippen LogP contribution in [0.4, 0.5) is 42.0 Å². The maximum absolute atomic E-state index is 14.0. The van der Waals surface area contributed by atoms with E-state index in [1.54, 1.807) is 51.0 Å². The average Bonchev–Trinajstić information content (AvgIpc) is 3.20. The fourth-order valence-electron chi connectivity index (χ4n) is 4.85. The maximum Gasteiger partial charge on any atom is 0.421 e. The molecule has 13 heteroatoms. The first-order chi connectivity index (χ1) is 19.4. The van der Waals surface area contributed by atoms with Gasteiger partial charge in [0, 0.05) is 62.6 Å². The Bertz CT molecular complexity index is 1460. The Balaban J connectivity index is 1.66. The van der Waals surface area contributed by atoms with Crippen molar-refractivity contribution in [3.8, 4) is 0 Å². The molecule has 1 aliphatic rings. The summed E-state index contributed by atoms with van der Waals surface area (Å²) in [5, 5.41) is 5.70. The second-order valence-electron chi connectivity index (χ2n) is 9.81. The molecule has 0 aliphatic carbocycles. The second-order valence-corrected chi connectivity index (χ2v) is 12.4. The summed E-state index contributed by atoms with van der Waals surface area (Å²) in [5.74, 6) is -0.822. The van der Waals surface area contributed by atoms with E-state index in [2.05, 4.69) is 25.5 Å². The van der Waals surface area contributed by atoms with Crippen molar-refractivity contribution in [1.82, 2.24) is 14.9 Å². The van der Waals surface area contributed by atoms with Crippen molar-refractivity contribution in [2.45, 2.75) is 39.7 Å². The molecule has 1 aromatic heterocycles. The van der Waals surface area contributed by atoms with Crippen molar-refractivity contribution in [3.05, 3.63) is 64.8 Å². The lowest BCUT2D eigenvalue weighted by atomic mass is 10.0. The van der Waals surface area contributed by atoms with Gasteiger partial charge in [0.25, 0.3) is 5.91 Å². The Labute approximate surface area is 237 Å². The summed E-state index contributed by atoms with van der Waals surface area (Å²) in [7, 11) is -1.11. The van der Waals surface area contributed by atoms with Crippen LogP contribution >= 0.6 is 7.37 Å². The van der Waals surface area contributed by atoms with Crippen molar-refractivity contribution >= 4 is 42.1 Å². The Morgan fingerprint density at radius 3 is 2.37 bits per heavy atom. The topological polar surface area (TPSA) is 99.7 Å². The van der Waals surface area contributed by atoms with E-state index in [0.29, 0.717) is 30.6 Å². The summed E-state index contributed by atoms with van der Waals surface area (Å²) < 4.78 is 59.7. The standard InChI is InChI=1S/C28H34F3N6O3P/c1-6-37(7-2)23-14-13-22(24-20(23)16-36(4)26(24)38)34-25-21(28(29,30)31)15-32-27(35-25)33-19-11-9-18(10-12-19)17-41(5,39)40-8-3/h9-15H,6-8,16-17H2,1-5H3,(H2,32,33,34,35). The first-order valence-corrected chi connectivity index (χ1v) is 15.6. The molecule has 1 unspecified atom stereocenters. The monoisotopic (exact) mass is 590 g/mol. The number of benzene rings is 2. The summed E-state index contributed by atoms with van der Waals surface area (Å²) in [6, 6.07) is 10.3. The zero-order chi connectivity index (χ0) is 29.9. The number of carbonyl (C=O) groups is 1. The van der Waals surface area contributed by atoms with Crippen LogP contribution in [-0.4, -0.2) is 54.2 Å². The van der Waals surface area contributed by atoms with Gasteiger partial charge < -0.3 is 25.0 Å². The third-order valence-corrected chi connectivity index (χ3v) is 8.52.